The van der Waals surface area contributed by atoms with Crippen LogP contribution in [0.5, 0.6) is 0 Å². The van der Waals surface area contributed by atoms with Gasteiger partial charge in [-0.2, -0.15) is 0 Å². The molecule has 2 rings (SSSR count). The Morgan fingerprint density at radius 3 is 2.45 bits per heavy atom. The van der Waals surface area contributed by atoms with Gasteiger partial charge in [-0.15, -0.1) is 0 Å². The summed E-state index contributed by atoms with van der Waals surface area (Å²) in [5.41, 5.74) is 7.36. The van der Waals surface area contributed by atoms with Crippen LogP contribution in [-0.4, -0.2) is 13.1 Å². The molecule has 1 aromatic rings. The van der Waals surface area contributed by atoms with Gasteiger partial charge in [-0.1, -0.05) is 19.4 Å². The van der Waals surface area contributed by atoms with Gasteiger partial charge in [-0.25, -0.2) is 4.39 Å². The molecule has 2 N–H and O–H groups in total. The Bertz CT molecular complexity index is 437. The number of benzene rings is 1. The van der Waals surface area contributed by atoms with Gasteiger partial charge in [0.1, 0.15) is 5.82 Å². The van der Waals surface area contributed by atoms with Crippen molar-refractivity contribution < 1.29 is 4.39 Å². The standard InChI is InChI=1S/C17H27FN2/c1-4-13-5-8-15(9-6-13)20(3)17-10-7-14(12(2)19)11-16(17)18/h7,10-13,15H,4-6,8-9,19H2,1-3H3/t12-,13?,15?/m0/s1. The zero-order valence-corrected chi connectivity index (χ0v) is 12.9. The fourth-order valence-corrected chi connectivity index (χ4v) is 3.23. The summed E-state index contributed by atoms with van der Waals surface area (Å²) in [7, 11) is 2.01. The van der Waals surface area contributed by atoms with Crippen LogP contribution in [0.2, 0.25) is 0 Å². The molecular weight excluding hydrogens is 251 g/mol. The molecule has 0 aromatic heterocycles. The second kappa shape index (κ2) is 6.57. The maximum Gasteiger partial charge on any atom is 0.146 e. The zero-order chi connectivity index (χ0) is 14.7. The molecule has 1 saturated carbocycles. The molecule has 0 radical (unpaired) electrons. The van der Waals surface area contributed by atoms with Crippen LogP contribution < -0.4 is 10.6 Å². The highest BCUT2D eigenvalue weighted by atomic mass is 19.1. The zero-order valence-electron chi connectivity index (χ0n) is 12.9. The molecule has 0 aliphatic heterocycles. The van der Waals surface area contributed by atoms with Gasteiger partial charge in [-0.3, -0.25) is 0 Å². The molecule has 0 saturated heterocycles. The van der Waals surface area contributed by atoms with E-state index in [1.165, 1.54) is 32.1 Å². The Morgan fingerprint density at radius 1 is 1.30 bits per heavy atom. The fraction of sp³-hybridized carbons (Fsp3) is 0.647. The minimum Gasteiger partial charge on any atom is -0.369 e. The van der Waals surface area contributed by atoms with Crippen molar-refractivity contribution in [2.75, 3.05) is 11.9 Å². The first-order chi connectivity index (χ1) is 9.52. The molecule has 0 amide bonds. The smallest absolute Gasteiger partial charge is 0.146 e. The van der Waals surface area contributed by atoms with Gasteiger partial charge < -0.3 is 10.6 Å². The minimum atomic E-state index is -0.153. The van der Waals surface area contributed by atoms with Gasteiger partial charge in [0.2, 0.25) is 0 Å². The summed E-state index contributed by atoms with van der Waals surface area (Å²) >= 11 is 0. The number of nitrogens with two attached hydrogens (primary N) is 1. The summed E-state index contributed by atoms with van der Waals surface area (Å²) in [5.74, 6) is 0.713. The molecule has 1 aromatic carbocycles. The van der Waals surface area contributed by atoms with Gasteiger partial charge in [-0.05, 0) is 56.2 Å². The maximum atomic E-state index is 14.3. The normalized spacial score (nSPS) is 24.4. The van der Waals surface area contributed by atoms with Crippen LogP contribution in [0.1, 0.15) is 57.6 Å². The van der Waals surface area contributed by atoms with Crippen molar-refractivity contribution >= 4 is 5.69 Å². The van der Waals surface area contributed by atoms with E-state index in [0.717, 1.165) is 11.5 Å². The lowest BCUT2D eigenvalue weighted by atomic mass is 9.84. The van der Waals surface area contributed by atoms with E-state index in [9.17, 15) is 4.39 Å². The van der Waals surface area contributed by atoms with Gasteiger partial charge >= 0.3 is 0 Å². The van der Waals surface area contributed by atoms with Gasteiger partial charge in [0.25, 0.3) is 0 Å². The molecule has 0 spiro atoms. The highest BCUT2D eigenvalue weighted by molar-refractivity contribution is 5.49. The summed E-state index contributed by atoms with van der Waals surface area (Å²) in [6, 6.07) is 5.74. The van der Waals surface area contributed by atoms with E-state index in [2.05, 4.69) is 11.8 Å². The molecular formula is C17H27FN2. The highest BCUT2D eigenvalue weighted by Crippen LogP contribution is 2.32. The molecule has 1 atom stereocenters. The SMILES string of the molecule is CCC1CCC(N(C)c2ccc([C@H](C)N)cc2F)CC1. The van der Waals surface area contributed by atoms with E-state index in [1.54, 1.807) is 6.07 Å². The highest BCUT2D eigenvalue weighted by Gasteiger charge is 2.24. The molecule has 2 nitrogen and oxygen atoms in total. The van der Waals surface area contributed by atoms with Crippen molar-refractivity contribution in [2.45, 2.75) is 58.0 Å². The van der Waals surface area contributed by atoms with Crippen molar-refractivity contribution in [3.05, 3.63) is 29.6 Å². The van der Waals surface area contributed by atoms with Crippen LogP contribution in [0.4, 0.5) is 10.1 Å². The molecule has 20 heavy (non-hydrogen) atoms. The number of hydrogen-bond donors (Lipinski definition) is 1. The van der Waals surface area contributed by atoms with Crippen molar-refractivity contribution in [3.8, 4) is 0 Å². The molecule has 1 fully saturated rings. The number of anilines is 1. The quantitative estimate of drug-likeness (QED) is 0.892. The van der Waals surface area contributed by atoms with E-state index >= 15 is 0 Å². The Kier molecular flexibility index (Phi) is 5.03. The minimum absolute atomic E-state index is 0.121. The first-order valence-electron chi connectivity index (χ1n) is 7.80. The van der Waals surface area contributed by atoms with Crippen molar-refractivity contribution in [1.82, 2.24) is 0 Å². The van der Waals surface area contributed by atoms with E-state index in [1.807, 2.05) is 26.1 Å². The van der Waals surface area contributed by atoms with Crippen molar-refractivity contribution in [3.63, 3.8) is 0 Å². The lowest BCUT2D eigenvalue weighted by molar-refractivity contribution is 0.312. The maximum absolute atomic E-state index is 14.3. The van der Waals surface area contributed by atoms with E-state index in [4.69, 9.17) is 5.73 Å². The van der Waals surface area contributed by atoms with E-state index in [-0.39, 0.29) is 11.9 Å². The Labute approximate surface area is 122 Å². The molecule has 0 heterocycles. The van der Waals surface area contributed by atoms with E-state index in [0.29, 0.717) is 11.7 Å². The first kappa shape index (κ1) is 15.3. The average molecular weight is 278 g/mol. The molecule has 0 unspecified atom stereocenters. The van der Waals surface area contributed by atoms with E-state index < -0.39 is 0 Å². The van der Waals surface area contributed by atoms with Gasteiger partial charge in [0.15, 0.2) is 0 Å². The van der Waals surface area contributed by atoms with Crippen LogP contribution in [0.25, 0.3) is 0 Å². The average Bonchev–Trinajstić information content (AvgIpc) is 2.46. The van der Waals surface area contributed by atoms with Gasteiger partial charge in [0, 0.05) is 19.1 Å². The van der Waals surface area contributed by atoms with Gasteiger partial charge in [0.05, 0.1) is 5.69 Å². The number of rotatable bonds is 4. The second-order valence-corrected chi connectivity index (χ2v) is 6.19. The molecule has 0 bridgehead atoms. The predicted molar refractivity (Wildman–Crippen MR) is 83.4 cm³/mol. The predicted octanol–water partition coefficient (Wildman–Crippen LogP) is 4.25. The number of hydrogen-bond acceptors (Lipinski definition) is 2. The second-order valence-electron chi connectivity index (χ2n) is 6.19. The lowest BCUT2D eigenvalue weighted by Gasteiger charge is -2.36. The van der Waals surface area contributed by atoms with Crippen LogP contribution in [-0.2, 0) is 0 Å². The number of halogens is 1. The summed E-state index contributed by atoms with van der Waals surface area (Å²) < 4.78 is 14.3. The monoisotopic (exact) mass is 278 g/mol. The van der Waals surface area contributed by atoms with Crippen LogP contribution in [0, 0.1) is 11.7 Å². The summed E-state index contributed by atoms with van der Waals surface area (Å²) in [6.07, 6.45) is 6.15. The molecule has 1 aliphatic rings. The number of nitrogens with zero attached hydrogens (tertiary/aromatic N) is 1. The third-order valence-electron chi connectivity index (χ3n) is 4.82. The molecule has 3 heteroatoms. The summed E-state index contributed by atoms with van der Waals surface area (Å²) in [4.78, 5) is 2.12. The van der Waals surface area contributed by atoms with Crippen LogP contribution >= 0.6 is 0 Å². The van der Waals surface area contributed by atoms with Crippen molar-refractivity contribution in [1.29, 1.82) is 0 Å². The third kappa shape index (κ3) is 3.32. The summed E-state index contributed by atoms with van der Waals surface area (Å²) in [5, 5.41) is 0. The first-order valence-corrected chi connectivity index (χ1v) is 7.80. The van der Waals surface area contributed by atoms with Crippen LogP contribution in [0.15, 0.2) is 18.2 Å². The Morgan fingerprint density at radius 2 is 1.95 bits per heavy atom. The molecule has 112 valence electrons. The topological polar surface area (TPSA) is 29.3 Å². The van der Waals surface area contributed by atoms with Crippen LogP contribution in [0.3, 0.4) is 0 Å². The molecule has 1 aliphatic carbocycles. The van der Waals surface area contributed by atoms with Crippen molar-refractivity contribution in [2.24, 2.45) is 11.7 Å². The summed E-state index contributed by atoms with van der Waals surface area (Å²) in [6.45, 7) is 4.14. The lowest BCUT2D eigenvalue weighted by Crippen LogP contribution is -2.35. The Hall–Kier alpha value is -1.09. The fourth-order valence-electron chi connectivity index (χ4n) is 3.23. The largest absolute Gasteiger partial charge is 0.369 e. The third-order valence-corrected chi connectivity index (χ3v) is 4.82. The Balaban J connectivity index is 2.07.